The summed E-state index contributed by atoms with van der Waals surface area (Å²) in [5.41, 5.74) is -1.86. The number of esters is 2. The van der Waals surface area contributed by atoms with E-state index in [-0.39, 0.29) is 53.7 Å². The molecule has 5 fully saturated rings. The van der Waals surface area contributed by atoms with Gasteiger partial charge < -0.3 is 24.4 Å². The summed E-state index contributed by atoms with van der Waals surface area (Å²) in [6.07, 6.45) is 3.89. The first-order chi connectivity index (χ1) is 19.0. The van der Waals surface area contributed by atoms with E-state index in [4.69, 9.17) is 14.2 Å². The maximum absolute atomic E-state index is 13.2. The molecule has 1 spiro atoms. The molecule has 0 amide bonds. The van der Waals surface area contributed by atoms with E-state index in [1.807, 2.05) is 6.92 Å². The quantitative estimate of drug-likeness (QED) is 0.301. The summed E-state index contributed by atoms with van der Waals surface area (Å²) in [6.45, 7) is 21.4. The van der Waals surface area contributed by atoms with Crippen LogP contribution >= 0.6 is 0 Å². The molecule has 13 atom stereocenters. The average Bonchev–Trinajstić information content (AvgIpc) is 3.15. The smallest absolute Gasteiger partial charge is 0.338 e. The number of hydrogen-bond acceptors (Lipinski definition) is 7. The summed E-state index contributed by atoms with van der Waals surface area (Å²) in [6, 6.07) is 0. The molecule has 3 saturated heterocycles. The van der Waals surface area contributed by atoms with Crippen molar-refractivity contribution in [3.05, 3.63) is 12.2 Å². The van der Waals surface area contributed by atoms with E-state index in [0.717, 1.165) is 44.1 Å². The number of carbonyl (C=O) groups excluding carboxylic acids is 2. The summed E-state index contributed by atoms with van der Waals surface area (Å²) in [5.74, 6) is 0.394. The number of hydrogen-bond donors (Lipinski definition) is 2. The van der Waals surface area contributed by atoms with Gasteiger partial charge in [-0.15, -0.1) is 0 Å². The molecule has 0 radical (unpaired) electrons. The van der Waals surface area contributed by atoms with Gasteiger partial charge in [0.05, 0.1) is 17.6 Å². The van der Waals surface area contributed by atoms with Crippen LogP contribution in [0.1, 0.15) is 107 Å². The van der Waals surface area contributed by atoms with Gasteiger partial charge in [0.25, 0.3) is 0 Å². The summed E-state index contributed by atoms with van der Waals surface area (Å²) >= 11 is 0. The van der Waals surface area contributed by atoms with Gasteiger partial charge in [-0.05, 0) is 99.9 Å². The Balaban J connectivity index is 1.41. The maximum Gasteiger partial charge on any atom is 0.338 e. The molecule has 7 nitrogen and oxygen atoms in total. The molecular formula is C34H54O7. The first-order valence-electron chi connectivity index (χ1n) is 16.2. The van der Waals surface area contributed by atoms with E-state index < -0.39 is 28.9 Å². The van der Waals surface area contributed by atoms with Crippen LogP contribution in [-0.2, 0) is 23.8 Å². The number of aliphatic hydroxyl groups is 2. The third-order valence-electron chi connectivity index (χ3n) is 12.3. The van der Waals surface area contributed by atoms with Gasteiger partial charge in [0, 0.05) is 11.8 Å². The lowest BCUT2D eigenvalue weighted by Gasteiger charge is -2.67. The van der Waals surface area contributed by atoms with Crippen molar-refractivity contribution in [1.29, 1.82) is 0 Å². The number of fused-ring (bicyclic) bond motifs is 4. The minimum absolute atomic E-state index is 0.00405. The van der Waals surface area contributed by atoms with Gasteiger partial charge in [-0.3, -0.25) is 4.79 Å². The zero-order valence-corrected chi connectivity index (χ0v) is 26.6. The minimum atomic E-state index is -1.37. The number of carbonyl (C=O) groups is 2. The van der Waals surface area contributed by atoms with Crippen molar-refractivity contribution in [3.63, 3.8) is 0 Å². The van der Waals surface area contributed by atoms with E-state index in [1.165, 1.54) is 0 Å². The van der Waals surface area contributed by atoms with Crippen LogP contribution in [0.25, 0.3) is 0 Å². The lowest BCUT2D eigenvalue weighted by atomic mass is 9.48. The second-order valence-electron chi connectivity index (χ2n) is 15.8. The molecule has 5 rings (SSSR count). The van der Waals surface area contributed by atoms with Gasteiger partial charge in [-0.1, -0.05) is 47.6 Å². The molecule has 2 unspecified atom stereocenters. The van der Waals surface area contributed by atoms with Crippen LogP contribution in [0.4, 0.5) is 0 Å². The molecule has 2 saturated carbocycles. The van der Waals surface area contributed by atoms with Gasteiger partial charge in [0.1, 0.15) is 17.8 Å². The zero-order valence-electron chi connectivity index (χ0n) is 26.6. The third kappa shape index (κ3) is 4.90. The Morgan fingerprint density at radius 2 is 1.88 bits per heavy atom. The van der Waals surface area contributed by atoms with Gasteiger partial charge in [-0.2, -0.15) is 0 Å². The van der Waals surface area contributed by atoms with Gasteiger partial charge >= 0.3 is 11.9 Å². The number of ether oxygens (including phenoxy) is 3. The Labute approximate surface area is 246 Å². The Morgan fingerprint density at radius 3 is 2.51 bits per heavy atom. The van der Waals surface area contributed by atoms with Crippen LogP contribution in [0.15, 0.2) is 12.2 Å². The summed E-state index contributed by atoms with van der Waals surface area (Å²) in [7, 11) is 0. The van der Waals surface area contributed by atoms with Crippen LogP contribution in [0.3, 0.4) is 0 Å². The summed E-state index contributed by atoms with van der Waals surface area (Å²) in [5, 5.41) is 22.3. The Morgan fingerprint density at radius 1 is 1.20 bits per heavy atom. The lowest BCUT2D eigenvalue weighted by Crippen LogP contribution is -2.73. The summed E-state index contributed by atoms with van der Waals surface area (Å²) in [4.78, 5) is 26.0. The molecule has 2 N–H and O–H groups in total. The van der Waals surface area contributed by atoms with Crippen molar-refractivity contribution >= 4 is 11.9 Å². The van der Waals surface area contributed by atoms with Crippen molar-refractivity contribution in [3.8, 4) is 0 Å². The molecule has 5 aliphatic rings. The third-order valence-corrected chi connectivity index (χ3v) is 12.3. The highest BCUT2D eigenvalue weighted by atomic mass is 16.6. The second-order valence-corrected chi connectivity index (χ2v) is 15.8. The monoisotopic (exact) mass is 574 g/mol. The molecule has 232 valence electrons. The molecule has 3 aliphatic heterocycles. The Hall–Kier alpha value is -1.44. The predicted octanol–water partition coefficient (Wildman–Crippen LogP) is 5.60. The number of cyclic esters (lactones) is 1. The van der Waals surface area contributed by atoms with Crippen molar-refractivity contribution in [2.24, 2.45) is 46.8 Å². The molecule has 2 aliphatic carbocycles. The first-order valence-corrected chi connectivity index (χ1v) is 16.2. The standard InChI is InChI=1S/C34H54O7/c1-10-19(4)14-32(8,38)17-27(35)40-26-16-31(7)15-25-22(13-24(31)28(26)18(2)3)20(5)34-23(11-12-33(25,9)41-34)21(6)39-30(37)29(34)36/h18-19,21-26,28-29,36,38H,5,10-17H2,1-4,6-9H3/t19?,21-,22+,23-,24-,25-,26+,28+,29+,31-,32?,33+,34+/m0/s1. The highest BCUT2D eigenvalue weighted by Gasteiger charge is 2.71. The van der Waals surface area contributed by atoms with Crippen LogP contribution in [-0.4, -0.2) is 57.3 Å². The van der Waals surface area contributed by atoms with Crippen LogP contribution in [0.5, 0.6) is 0 Å². The van der Waals surface area contributed by atoms with Crippen molar-refractivity contribution in [1.82, 2.24) is 0 Å². The SMILES string of the molecule is C=C1[C@H]2C[C@H]3[C@@H](C(C)C)[C@H](OC(=O)CC(C)(O)CC(C)CC)C[C@]3(C)C[C@@H]2[C@@]2(C)CC[C@H]3[C@H](C)OC(=O)[C@@H](O)[C@@]13O2. The van der Waals surface area contributed by atoms with E-state index in [0.29, 0.717) is 24.2 Å². The molecule has 2 bridgehead atoms. The van der Waals surface area contributed by atoms with Gasteiger partial charge in [0.15, 0.2) is 6.10 Å². The normalized spacial score (nSPS) is 47.5. The van der Waals surface area contributed by atoms with Gasteiger partial charge in [0.2, 0.25) is 0 Å². The highest BCUT2D eigenvalue weighted by Crippen LogP contribution is 2.68. The lowest BCUT2D eigenvalue weighted by molar-refractivity contribution is -0.310. The first kappa shape index (κ1) is 31.0. The largest absolute Gasteiger partial charge is 0.462 e. The Bertz CT molecular complexity index is 1070. The molecule has 0 aromatic heterocycles. The topological polar surface area (TPSA) is 102 Å². The summed E-state index contributed by atoms with van der Waals surface area (Å²) < 4.78 is 18.7. The Kier molecular flexibility index (Phi) is 7.81. The fraction of sp³-hybridized carbons (Fsp3) is 0.882. The van der Waals surface area contributed by atoms with E-state index in [9.17, 15) is 19.8 Å². The molecule has 41 heavy (non-hydrogen) atoms. The van der Waals surface area contributed by atoms with Crippen LogP contribution in [0.2, 0.25) is 0 Å². The molecule has 0 aromatic carbocycles. The average molecular weight is 575 g/mol. The second kappa shape index (κ2) is 10.3. The van der Waals surface area contributed by atoms with E-state index in [2.05, 4.69) is 48.1 Å². The van der Waals surface area contributed by atoms with Crippen molar-refractivity contribution in [2.75, 3.05) is 0 Å². The maximum atomic E-state index is 13.2. The highest BCUT2D eigenvalue weighted by molar-refractivity contribution is 5.79. The van der Waals surface area contributed by atoms with E-state index in [1.54, 1.807) is 6.92 Å². The van der Waals surface area contributed by atoms with E-state index >= 15 is 0 Å². The predicted molar refractivity (Wildman–Crippen MR) is 156 cm³/mol. The van der Waals surface area contributed by atoms with Crippen LogP contribution in [0, 0.1) is 46.8 Å². The molecule has 7 heteroatoms. The minimum Gasteiger partial charge on any atom is -0.462 e. The molecule has 0 aromatic rings. The van der Waals surface area contributed by atoms with Crippen LogP contribution < -0.4 is 0 Å². The zero-order chi connectivity index (χ0) is 30.3. The van der Waals surface area contributed by atoms with Crippen molar-refractivity contribution in [2.45, 2.75) is 142 Å². The number of rotatable bonds is 7. The number of aliphatic hydroxyl groups excluding tert-OH is 1. The fourth-order valence-electron chi connectivity index (χ4n) is 10.3. The molecular weight excluding hydrogens is 520 g/mol. The van der Waals surface area contributed by atoms with Gasteiger partial charge in [-0.25, -0.2) is 4.79 Å². The van der Waals surface area contributed by atoms with Crippen molar-refractivity contribution < 1.29 is 34.0 Å². The molecule has 3 heterocycles. The fourth-order valence-corrected chi connectivity index (χ4v) is 10.3.